The molecule has 0 spiro atoms. The zero-order valence-corrected chi connectivity index (χ0v) is 17.3. The molecule has 1 fully saturated rings. The van der Waals surface area contributed by atoms with E-state index in [9.17, 15) is 13.2 Å². The number of likely N-dealkylation sites (tertiary alicyclic amines) is 1. The highest BCUT2D eigenvalue weighted by molar-refractivity contribution is 7.92. The number of aryl methyl sites for hydroxylation is 1. The molecule has 150 valence electrons. The van der Waals surface area contributed by atoms with Crippen LogP contribution in [0.4, 0.5) is 5.69 Å². The molecule has 6 nitrogen and oxygen atoms in total. The Morgan fingerprint density at radius 1 is 1.18 bits per heavy atom. The van der Waals surface area contributed by atoms with Crippen LogP contribution in [-0.4, -0.2) is 39.4 Å². The minimum Gasteiger partial charge on any atom is -0.497 e. The van der Waals surface area contributed by atoms with Crippen molar-refractivity contribution < 1.29 is 17.9 Å². The third-order valence-corrected chi connectivity index (χ3v) is 6.53. The van der Waals surface area contributed by atoms with Crippen LogP contribution in [0.3, 0.4) is 0 Å². The number of anilines is 1. The first-order valence-electron chi connectivity index (χ1n) is 9.37. The average molecular weight is 403 g/mol. The summed E-state index contributed by atoms with van der Waals surface area (Å²) in [6, 6.07) is 11.5. The molecule has 7 heteroatoms. The van der Waals surface area contributed by atoms with Crippen molar-refractivity contribution in [3.63, 3.8) is 0 Å². The van der Waals surface area contributed by atoms with E-state index >= 15 is 0 Å². The minimum absolute atomic E-state index is 0.110. The summed E-state index contributed by atoms with van der Waals surface area (Å²) in [5.41, 5.74) is 1.42. The monoisotopic (exact) mass is 402 g/mol. The van der Waals surface area contributed by atoms with Crippen LogP contribution in [0, 0.1) is 12.8 Å². The lowest BCUT2D eigenvalue weighted by Crippen LogP contribution is -2.39. The molecule has 0 aliphatic carbocycles. The van der Waals surface area contributed by atoms with E-state index in [0.29, 0.717) is 41.6 Å². The maximum absolute atomic E-state index is 12.9. The van der Waals surface area contributed by atoms with Gasteiger partial charge >= 0.3 is 0 Å². The van der Waals surface area contributed by atoms with Gasteiger partial charge in [-0.25, -0.2) is 8.42 Å². The number of rotatable bonds is 5. The molecule has 2 aromatic rings. The molecule has 0 bridgehead atoms. The number of benzene rings is 2. The molecule has 3 rings (SSSR count). The Morgan fingerprint density at radius 3 is 2.54 bits per heavy atom. The van der Waals surface area contributed by atoms with Crippen molar-refractivity contribution in [3.05, 3.63) is 53.6 Å². The van der Waals surface area contributed by atoms with Crippen LogP contribution in [0.15, 0.2) is 47.4 Å². The number of carbonyl (C=O) groups excluding carboxylic acids is 1. The van der Waals surface area contributed by atoms with Crippen LogP contribution < -0.4 is 9.46 Å². The third kappa shape index (κ3) is 4.47. The Labute approximate surface area is 166 Å². The van der Waals surface area contributed by atoms with Crippen molar-refractivity contribution in [2.75, 3.05) is 24.9 Å². The average Bonchev–Trinajstić information content (AvgIpc) is 2.68. The van der Waals surface area contributed by atoms with E-state index in [1.807, 2.05) is 4.90 Å². The second kappa shape index (κ2) is 8.22. The summed E-state index contributed by atoms with van der Waals surface area (Å²) >= 11 is 0. The number of piperidine rings is 1. The first-order valence-corrected chi connectivity index (χ1v) is 10.9. The summed E-state index contributed by atoms with van der Waals surface area (Å²) < 4.78 is 33.5. The lowest BCUT2D eigenvalue weighted by atomic mass is 9.99. The summed E-state index contributed by atoms with van der Waals surface area (Å²) in [7, 11) is -2.27. The summed E-state index contributed by atoms with van der Waals surface area (Å²) in [5, 5.41) is 0. The maximum Gasteiger partial charge on any atom is 0.262 e. The molecule has 0 aromatic heterocycles. The van der Waals surface area contributed by atoms with Gasteiger partial charge in [-0.3, -0.25) is 9.52 Å². The van der Waals surface area contributed by atoms with Crippen molar-refractivity contribution in [1.29, 1.82) is 0 Å². The van der Waals surface area contributed by atoms with Gasteiger partial charge in [0.1, 0.15) is 5.75 Å². The molecule has 1 heterocycles. The van der Waals surface area contributed by atoms with E-state index in [2.05, 4.69) is 11.6 Å². The second-order valence-corrected chi connectivity index (χ2v) is 8.96. The van der Waals surface area contributed by atoms with Crippen molar-refractivity contribution in [2.24, 2.45) is 5.92 Å². The van der Waals surface area contributed by atoms with Crippen LogP contribution >= 0.6 is 0 Å². The lowest BCUT2D eigenvalue weighted by molar-refractivity contribution is 0.0683. The van der Waals surface area contributed by atoms with Crippen molar-refractivity contribution in [1.82, 2.24) is 4.90 Å². The number of nitrogens with one attached hydrogen (secondary N) is 1. The Morgan fingerprint density at radius 2 is 1.89 bits per heavy atom. The number of methoxy groups -OCH3 is 1. The Balaban J connectivity index is 1.86. The summed E-state index contributed by atoms with van der Waals surface area (Å²) in [5.74, 6) is 0.984. The van der Waals surface area contributed by atoms with Crippen molar-refractivity contribution in [2.45, 2.75) is 31.6 Å². The number of amides is 1. The van der Waals surface area contributed by atoms with Gasteiger partial charge in [0.05, 0.1) is 12.0 Å². The first kappa shape index (κ1) is 20.2. The van der Waals surface area contributed by atoms with Gasteiger partial charge in [-0.05, 0) is 67.6 Å². The SMILES string of the molecule is COc1ccc(NS(=O)(=O)c2cc(C(=O)N3CCCC(C)C3)ccc2C)cc1. The zero-order valence-electron chi connectivity index (χ0n) is 16.4. The lowest BCUT2D eigenvalue weighted by Gasteiger charge is -2.31. The Hall–Kier alpha value is -2.54. The minimum atomic E-state index is -3.82. The van der Waals surface area contributed by atoms with E-state index < -0.39 is 10.0 Å². The molecule has 2 aromatic carbocycles. The van der Waals surface area contributed by atoms with Gasteiger partial charge in [0, 0.05) is 24.3 Å². The number of nitrogens with zero attached hydrogens (tertiary/aromatic N) is 1. The highest BCUT2D eigenvalue weighted by Gasteiger charge is 2.24. The van der Waals surface area contributed by atoms with Gasteiger partial charge in [-0.1, -0.05) is 13.0 Å². The second-order valence-electron chi connectivity index (χ2n) is 7.31. The smallest absolute Gasteiger partial charge is 0.262 e. The van der Waals surface area contributed by atoms with E-state index in [4.69, 9.17) is 4.74 Å². The highest BCUT2D eigenvalue weighted by Crippen LogP contribution is 2.24. The summed E-state index contributed by atoms with van der Waals surface area (Å²) in [6.45, 7) is 5.27. The van der Waals surface area contributed by atoms with Gasteiger partial charge in [-0.15, -0.1) is 0 Å². The van der Waals surface area contributed by atoms with Gasteiger partial charge in [0.2, 0.25) is 0 Å². The molecular formula is C21H26N2O4S. The summed E-state index contributed by atoms with van der Waals surface area (Å²) in [4.78, 5) is 14.8. The quantitative estimate of drug-likeness (QED) is 0.828. The normalized spacial score (nSPS) is 17.2. The van der Waals surface area contributed by atoms with Crippen LogP contribution in [0.1, 0.15) is 35.7 Å². The van der Waals surface area contributed by atoms with Gasteiger partial charge in [0.15, 0.2) is 0 Å². The largest absolute Gasteiger partial charge is 0.497 e. The van der Waals surface area contributed by atoms with E-state index in [0.717, 1.165) is 12.8 Å². The topological polar surface area (TPSA) is 75.7 Å². The summed E-state index contributed by atoms with van der Waals surface area (Å²) in [6.07, 6.45) is 2.09. The molecule has 1 amide bonds. The predicted octanol–water partition coefficient (Wildman–Crippen LogP) is 3.68. The van der Waals surface area contributed by atoms with Crippen molar-refractivity contribution in [3.8, 4) is 5.75 Å². The van der Waals surface area contributed by atoms with Crippen LogP contribution in [0.2, 0.25) is 0 Å². The maximum atomic E-state index is 12.9. The van der Waals surface area contributed by atoms with Crippen molar-refractivity contribution >= 4 is 21.6 Å². The van der Waals surface area contributed by atoms with Gasteiger partial charge < -0.3 is 9.64 Å². The molecule has 28 heavy (non-hydrogen) atoms. The molecule has 1 N–H and O–H groups in total. The third-order valence-electron chi connectivity index (χ3n) is 5.01. The molecule has 0 saturated carbocycles. The fraction of sp³-hybridized carbons (Fsp3) is 0.381. The van der Waals surface area contributed by atoms with Gasteiger partial charge in [-0.2, -0.15) is 0 Å². The fourth-order valence-corrected chi connectivity index (χ4v) is 4.78. The fourth-order valence-electron chi connectivity index (χ4n) is 3.45. The van der Waals surface area contributed by atoms with E-state index in [1.54, 1.807) is 50.4 Å². The number of hydrogen-bond donors (Lipinski definition) is 1. The number of carbonyl (C=O) groups is 1. The first-order chi connectivity index (χ1) is 13.3. The number of hydrogen-bond acceptors (Lipinski definition) is 4. The highest BCUT2D eigenvalue weighted by atomic mass is 32.2. The van der Waals surface area contributed by atoms with Gasteiger partial charge in [0.25, 0.3) is 15.9 Å². The van der Waals surface area contributed by atoms with E-state index in [-0.39, 0.29) is 10.8 Å². The number of sulfonamides is 1. The molecular weight excluding hydrogens is 376 g/mol. The molecule has 1 saturated heterocycles. The Bertz CT molecular complexity index is 955. The van der Waals surface area contributed by atoms with Crippen LogP contribution in [0.25, 0.3) is 0 Å². The Kier molecular flexibility index (Phi) is 5.93. The predicted molar refractivity (Wildman–Crippen MR) is 109 cm³/mol. The van der Waals surface area contributed by atoms with Crippen LogP contribution in [0.5, 0.6) is 5.75 Å². The molecule has 1 aliphatic heterocycles. The van der Waals surface area contributed by atoms with Crippen LogP contribution in [-0.2, 0) is 10.0 Å². The molecule has 1 aliphatic rings. The molecule has 1 unspecified atom stereocenters. The zero-order chi connectivity index (χ0) is 20.3. The number of ether oxygens (including phenoxy) is 1. The molecule has 0 radical (unpaired) electrons. The van der Waals surface area contributed by atoms with E-state index in [1.165, 1.54) is 6.07 Å². The standard InChI is InChI=1S/C21H26N2O4S/c1-15-5-4-12-23(14-15)21(24)17-7-6-16(2)20(13-17)28(25,26)22-18-8-10-19(27-3)11-9-18/h6-11,13,15,22H,4-5,12,14H2,1-3H3. The molecule has 1 atom stereocenters.